The molecule has 16 heavy (non-hydrogen) atoms. The van der Waals surface area contributed by atoms with Gasteiger partial charge in [0, 0.05) is 18.2 Å². The van der Waals surface area contributed by atoms with Crippen LogP contribution in [0.25, 0.3) is 0 Å². The fourth-order valence-electron chi connectivity index (χ4n) is 1.61. The maximum atomic E-state index is 9.56. The van der Waals surface area contributed by atoms with Crippen molar-refractivity contribution in [1.29, 1.82) is 0 Å². The standard InChI is InChI=1S/C11H17NO3.ClH/c1-6(2)3-8(12)11-9(14)4-7(13)5-10(11)15;/h4-6,8,13-15H,3,12H2,1-2H3;1H/t8-;/m1./s1. The van der Waals surface area contributed by atoms with Gasteiger partial charge >= 0.3 is 0 Å². The maximum Gasteiger partial charge on any atom is 0.127 e. The average molecular weight is 248 g/mol. The zero-order valence-corrected chi connectivity index (χ0v) is 10.2. The van der Waals surface area contributed by atoms with Crippen LogP contribution in [0.4, 0.5) is 0 Å². The van der Waals surface area contributed by atoms with E-state index in [2.05, 4.69) is 0 Å². The van der Waals surface area contributed by atoms with Gasteiger partial charge in [-0.1, -0.05) is 13.8 Å². The molecule has 0 amide bonds. The van der Waals surface area contributed by atoms with Gasteiger partial charge < -0.3 is 21.1 Å². The van der Waals surface area contributed by atoms with Crippen molar-refractivity contribution in [1.82, 2.24) is 0 Å². The molecule has 0 aliphatic rings. The number of benzene rings is 1. The Morgan fingerprint density at radius 3 is 1.94 bits per heavy atom. The van der Waals surface area contributed by atoms with Crippen molar-refractivity contribution < 1.29 is 15.3 Å². The molecule has 1 atom stereocenters. The molecule has 1 aromatic rings. The van der Waals surface area contributed by atoms with Crippen molar-refractivity contribution in [2.45, 2.75) is 26.3 Å². The first-order chi connectivity index (χ1) is 6.91. The third-order valence-electron chi connectivity index (χ3n) is 2.22. The molecule has 4 nitrogen and oxygen atoms in total. The summed E-state index contributed by atoms with van der Waals surface area (Å²) in [5, 5.41) is 28.2. The first kappa shape index (κ1) is 14.9. The lowest BCUT2D eigenvalue weighted by molar-refractivity contribution is 0.401. The monoisotopic (exact) mass is 247 g/mol. The number of halogens is 1. The number of hydrogen-bond donors (Lipinski definition) is 4. The van der Waals surface area contributed by atoms with E-state index < -0.39 is 6.04 Å². The number of aromatic hydroxyl groups is 3. The van der Waals surface area contributed by atoms with E-state index in [1.165, 1.54) is 12.1 Å². The van der Waals surface area contributed by atoms with Crippen LogP contribution in [0, 0.1) is 5.92 Å². The van der Waals surface area contributed by atoms with Crippen molar-refractivity contribution >= 4 is 12.4 Å². The molecule has 0 aliphatic heterocycles. The number of hydrogen-bond acceptors (Lipinski definition) is 4. The van der Waals surface area contributed by atoms with Gasteiger partial charge in [0.05, 0.1) is 5.56 Å². The van der Waals surface area contributed by atoms with E-state index in [-0.39, 0.29) is 29.7 Å². The molecule has 5 N–H and O–H groups in total. The van der Waals surface area contributed by atoms with E-state index in [0.29, 0.717) is 17.9 Å². The first-order valence-corrected chi connectivity index (χ1v) is 4.92. The zero-order chi connectivity index (χ0) is 11.6. The van der Waals surface area contributed by atoms with Gasteiger partial charge in [0.15, 0.2) is 0 Å². The normalized spacial score (nSPS) is 12.2. The van der Waals surface area contributed by atoms with Gasteiger partial charge in [-0.25, -0.2) is 0 Å². The molecule has 0 saturated heterocycles. The van der Waals surface area contributed by atoms with Crippen LogP contribution in [0.2, 0.25) is 0 Å². The quantitative estimate of drug-likeness (QED) is 0.660. The summed E-state index contributed by atoms with van der Waals surface area (Å²) in [7, 11) is 0. The smallest absolute Gasteiger partial charge is 0.127 e. The fraction of sp³-hybridized carbons (Fsp3) is 0.455. The Labute approximate surface area is 101 Å². The maximum absolute atomic E-state index is 9.56. The third kappa shape index (κ3) is 3.47. The van der Waals surface area contributed by atoms with Crippen LogP contribution >= 0.6 is 12.4 Å². The van der Waals surface area contributed by atoms with E-state index in [4.69, 9.17) is 10.8 Å². The molecule has 0 aliphatic carbocycles. The third-order valence-corrected chi connectivity index (χ3v) is 2.22. The van der Waals surface area contributed by atoms with Crippen molar-refractivity contribution in [3.63, 3.8) is 0 Å². The van der Waals surface area contributed by atoms with Gasteiger partial charge in [-0.3, -0.25) is 0 Å². The molecular weight excluding hydrogens is 230 g/mol. The topological polar surface area (TPSA) is 86.7 Å². The van der Waals surface area contributed by atoms with E-state index in [9.17, 15) is 10.2 Å². The van der Waals surface area contributed by atoms with Gasteiger partial charge in [0.1, 0.15) is 17.2 Å². The molecule has 1 aromatic carbocycles. The Morgan fingerprint density at radius 1 is 1.12 bits per heavy atom. The summed E-state index contributed by atoms with van der Waals surface area (Å²) in [6.07, 6.45) is 0.659. The van der Waals surface area contributed by atoms with Crippen LogP contribution < -0.4 is 5.73 Å². The van der Waals surface area contributed by atoms with E-state index in [0.717, 1.165) is 0 Å². The summed E-state index contributed by atoms with van der Waals surface area (Å²) in [6, 6.07) is 1.93. The predicted octanol–water partition coefficient (Wildman–Crippen LogP) is 2.27. The number of rotatable bonds is 3. The molecule has 0 aromatic heterocycles. The lowest BCUT2D eigenvalue weighted by Crippen LogP contribution is -2.13. The van der Waals surface area contributed by atoms with E-state index in [1.54, 1.807) is 0 Å². The van der Waals surface area contributed by atoms with Crippen molar-refractivity contribution in [2.24, 2.45) is 11.7 Å². The van der Waals surface area contributed by atoms with Crippen LogP contribution in [-0.4, -0.2) is 15.3 Å². The Hall–Kier alpha value is -1.13. The Morgan fingerprint density at radius 2 is 1.56 bits per heavy atom. The zero-order valence-electron chi connectivity index (χ0n) is 9.34. The van der Waals surface area contributed by atoms with Crippen molar-refractivity contribution in [3.05, 3.63) is 17.7 Å². The molecule has 0 bridgehead atoms. The van der Waals surface area contributed by atoms with Crippen LogP contribution in [0.5, 0.6) is 17.2 Å². The molecule has 0 fully saturated rings. The molecule has 0 saturated carbocycles. The minimum atomic E-state index is -0.425. The SMILES string of the molecule is CC(C)C[C@@H](N)c1c(O)cc(O)cc1O.Cl. The lowest BCUT2D eigenvalue weighted by Gasteiger charge is -2.17. The van der Waals surface area contributed by atoms with Gasteiger partial charge in [-0.2, -0.15) is 0 Å². The number of phenolic OH excluding ortho intramolecular Hbond substituents is 3. The fourth-order valence-corrected chi connectivity index (χ4v) is 1.61. The van der Waals surface area contributed by atoms with Gasteiger partial charge in [-0.05, 0) is 12.3 Å². The lowest BCUT2D eigenvalue weighted by atomic mass is 9.96. The van der Waals surface area contributed by atoms with Crippen molar-refractivity contribution in [3.8, 4) is 17.2 Å². The second kappa shape index (κ2) is 5.82. The Balaban J connectivity index is 0.00000225. The summed E-state index contributed by atoms with van der Waals surface area (Å²) < 4.78 is 0. The molecule has 0 unspecified atom stereocenters. The summed E-state index contributed by atoms with van der Waals surface area (Å²) in [4.78, 5) is 0. The first-order valence-electron chi connectivity index (χ1n) is 4.92. The highest BCUT2D eigenvalue weighted by Crippen LogP contribution is 2.37. The highest BCUT2D eigenvalue weighted by atomic mass is 35.5. The highest BCUT2D eigenvalue weighted by Gasteiger charge is 2.17. The molecule has 0 radical (unpaired) electrons. The average Bonchev–Trinajstić information content (AvgIpc) is 1.99. The highest BCUT2D eigenvalue weighted by molar-refractivity contribution is 5.85. The van der Waals surface area contributed by atoms with Crippen molar-refractivity contribution in [2.75, 3.05) is 0 Å². The molecule has 0 spiro atoms. The second-order valence-corrected chi connectivity index (χ2v) is 4.13. The van der Waals surface area contributed by atoms with Gasteiger partial charge in [-0.15, -0.1) is 12.4 Å². The van der Waals surface area contributed by atoms with Gasteiger partial charge in [0.25, 0.3) is 0 Å². The minimum Gasteiger partial charge on any atom is -0.508 e. The van der Waals surface area contributed by atoms with Crippen LogP contribution in [0.1, 0.15) is 31.9 Å². The number of nitrogens with two attached hydrogens (primary N) is 1. The van der Waals surface area contributed by atoms with Crippen LogP contribution in [0.3, 0.4) is 0 Å². The summed E-state index contributed by atoms with van der Waals surface area (Å²) >= 11 is 0. The minimum absolute atomic E-state index is 0. The van der Waals surface area contributed by atoms with Crippen LogP contribution in [0.15, 0.2) is 12.1 Å². The molecular formula is C11H18ClNO3. The molecule has 92 valence electrons. The van der Waals surface area contributed by atoms with Gasteiger partial charge in [0.2, 0.25) is 0 Å². The largest absolute Gasteiger partial charge is 0.508 e. The number of phenols is 3. The molecule has 1 rings (SSSR count). The van der Waals surface area contributed by atoms with E-state index in [1.807, 2.05) is 13.8 Å². The van der Waals surface area contributed by atoms with Crippen LogP contribution in [-0.2, 0) is 0 Å². The summed E-state index contributed by atoms with van der Waals surface area (Å²) in [6.45, 7) is 4.02. The summed E-state index contributed by atoms with van der Waals surface area (Å²) in [5.74, 6) is -0.139. The summed E-state index contributed by atoms with van der Waals surface area (Å²) in [5.41, 5.74) is 6.14. The Bertz CT molecular complexity index is 332. The molecule has 5 heteroatoms. The second-order valence-electron chi connectivity index (χ2n) is 4.13. The predicted molar refractivity (Wildman–Crippen MR) is 65.1 cm³/mol. The molecule has 0 heterocycles. The van der Waals surface area contributed by atoms with E-state index >= 15 is 0 Å². The Kier molecular flexibility index (Phi) is 5.41.